The average molecular weight is 230 g/mol. The maximum Gasteiger partial charge on any atom is 0.254 e. The van der Waals surface area contributed by atoms with Gasteiger partial charge >= 0.3 is 0 Å². The van der Waals surface area contributed by atoms with Crippen molar-refractivity contribution in [3.8, 4) is 0 Å². The maximum atomic E-state index is 11.7. The standard InChI is InChI=1S/C12H14N4O/c1-8-9(3-2-4-11(8)13)5-14-12(17)10-6-15-16-7-10/h2-4,6-7H,5,13H2,1H3,(H,14,17)(H,15,16). The van der Waals surface area contributed by atoms with E-state index >= 15 is 0 Å². The summed E-state index contributed by atoms with van der Waals surface area (Å²) in [6.07, 6.45) is 3.04. The Morgan fingerprint density at radius 3 is 3.06 bits per heavy atom. The molecule has 2 rings (SSSR count). The largest absolute Gasteiger partial charge is 0.399 e. The highest BCUT2D eigenvalue weighted by Gasteiger charge is 2.07. The Labute approximate surface area is 99.0 Å². The van der Waals surface area contributed by atoms with Crippen molar-refractivity contribution in [2.75, 3.05) is 5.73 Å². The Kier molecular flexibility index (Phi) is 3.09. The van der Waals surface area contributed by atoms with Crippen LogP contribution in [0.3, 0.4) is 0 Å². The summed E-state index contributed by atoms with van der Waals surface area (Å²) < 4.78 is 0. The topological polar surface area (TPSA) is 83.8 Å². The van der Waals surface area contributed by atoms with Gasteiger partial charge in [0.2, 0.25) is 0 Å². The number of benzene rings is 1. The van der Waals surface area contributed by atoms with Crippen LogP contribution in [0, 0.1) is 6.92 Å². The number of nitrogens with zero attached hydrogens (tertiary/aromatic N) is 1. The molecular weight excluding hydrogens is 216 g/mol. The third-order valence-corrected chi connectivity index (χ3v) is 2.69. The first-order chi connectivity index (χ1) is 8.18. The number of H-pyrrole nitrogens is 1. The molecule has 1 aromatic heterocycles. The predicted octanol–water partition coefficient (Wildman–Crippen LogP) is 1.23. The summed E-state index contributed by atoms with van der Waals surface area (Å²) in [7, 11) is 0. The molecule has 1 heterocycles. The van der Waals surface area contributed by atoms with Crippen LogP contribution in [0.1, 0.15) is 21.5 Å². The van der Waals surface area contributed by atoms with E-state index in [2.05, 4.69) is 15.5 Å². The van der Waals surface area contributed by atoms with Gasteiger partial charge in [0, 0.05) is 18.4 Å². The van der Waals surface area contributed by atoms with Gasteiger partial charge in [0.1, 0.15) is 0 Å². The van der Waals surface area contributed by atoms with Crippen LogP contribution in [0.5, 0.6) is 0 Å². The number of carbonyl (C=O) groups excluding carboxylic acids is 1. The molecular formula is C12H14N4O. The molecule has 5 heteroatoms. The lowest BCUT2D eigenvalue weighted by Crippen LogP contribution is -2.22. The van der Waals surface area contributed by atoms with E-state index in [0.717, 1.165) is 16.8 Å². The third kappa shape index (κ3) is 2.44. The summed E-state index contributed by atoms with van der Waals surface area (Å²) in [6.45, 7) is 2.40. The molecule has 0 spiro atoms. The second-order valence-corrected chi connectivity index (χ2v) is 3.80. The summed E-state index contributed by atoms with van der Waals surface area (Å²) in [6, 6.07) is 5.67. The molecule has 0 aliphatic heterocycles. The molecule has 0 atom stereocenters. The van der Waals surface area contributed by atoms with Gasteiger partial charge in [-0.1, -0.05) is 12.1 Å². The normalized spacial score (nSPS) is 10.2. The number of hydrogen-bond acceptors (Lipinski definition) is 3. The zero-order valence-corrected chi connectivity index (χ0v) is 9.53. The van der Waals surface area contributed by atoms with E-state index in [1.54, 1.807) is 6.20 Å². The van der Waals surface area contributed by atoms with Gasteiger partial charge in [-0.15, -0.1) is 0 Å². The molecule has 0 aliphatic rings. The molecule has 2 aromatic rings. The van der Waals surface area contributed by atoms with Crippen molar-refractivity contribution < 1.29 is 4.79 Å². The van der Waals surface area contributed by atoms with E-state index in [9.17, 15) is 4.79 Å². The van der Waals surface area contributed by atoms with Crippen LogP contribution in [0.25, 0.3) is 0 Å². The summed E-state index contributed by atoms with van der Waals surface area (Å²) in [4.78, 5) is 11.7. The van der Waals surface area contributed by atoms with Crippen LogP contribution >= 0.6 is 0 Å². The molecule has 0 saturated heterocycles. The number of hydrogen-bond donors (Lipinski definition) is 3. The van der Waals surface area contributed by atoms with Crippen LogP contribution in [-0.4, -0.2) is 16.1 Å². The zero-order chi connectivity index (χ0) is 12.3. The second kappa shape index (κ2) is 4.69. The van der Waals surface area contributed by atoms with Crippen LogP contribution in [0.4, 0.5) is 5.69 Å². The monoisotopic (exact) mass is 230 g/mol. The van der Waals surface area contributed by atoms with Crippen LogP contribution in [0.15, 0.2) is 30.6 Å². The second-order valence-electron chi connectivity index (χ2n) is 3.80. The Morgan fingerprint density at radius 2 is 2.35 bits per heavy atom. The molecule has 0 aliphatic carbocycles. The maximum absolute atomic E-state index is 11.7. The smallest absolute Gasteiger partial charge is 0.254 e. The van der Waals surface area contributed by atoms with Crippen molar-refractivity contribution in [3.05, 3.63) is 47.3 Å². The zero-order valence-electron chi connectivity index (χ0n) is 9.53. The van der Waals surface area contributed by atoms with Gasteiger partial charge in [0.05, 0.1) is 11.8 Å². The van der Waals surface area contributed by atoms with E-state index in [1.165, 1.54) is 6.20 Å². The fourth-order valence-electron chi connectivity index (χ4n) is 1.55. The Bertz CT molecular complexity index is 519. The van der Waals surface area contributed by atoms with Crippen molar-refractivity contribution in [1.29, 1.82) is 0 Å². The summed E-state index contributed by atoms with van der Waals surface area (Å²) in [5.41, 5.74) is 9.07. The molecule has 0 bridgehead atoms. The van der Waals surface area contributed by atoms with Crippen molar-refractivity contribution >= 4 is 11.6 Å². The molecule has 88 valence electrons. The third-order valence-electron chi connectivity index (χ3n) is 2.69. The number of anilines is 1. The lowest BCUT2D eigenvalue weighted by molar-refractivity contribution is 0.0951. The van der Waals surface area contributed by atoms with E-state index in [0.29, 0.717) is 12.1 Å². The van der Waals surface area contributed by atoms with Gasteiger partial charge < -0.3 is 11.1 Å². The van der Waals surface area contributed by atoms with Gasteiger partial charge in [-0.2, -0.15) is 5.10 Å². The minimum atomic E-state index is -0.152. The van der Waals surface area contributed by atoms with Gasteiger partial charge in [-0.05, 0) is 24.1 Å². The first-order valence-corrected chi connectivity index (χ1v) is 5.29. The molecule has 0 unspecified atom stereocenters. The van der Waals surface area contributed by atoms with E-state index < -0.39 is 0 Å². The number of aromatic nitrogens is 2. The quantitative estimate of drug-likeness (QED) is 0.693. The highest BCUT2D eigenvalue weighted by Crippen LogP contribution is 2.15. The van der Waals surface area contributed by atoms with Crippen molar-refractivity contribution in [3.63, 3.8) is 0 Å². The van der Waals surface area contributed by atoms with Crippen LogP contribution in [0.2, 0.25) is 0 Å². The van der Waals surface area contributed by atoms with E-state index in [4.69, 9.17) is 5.73 Å². The minimum absolute atomic E-state index is 0.152. The van der Waals surface area contributed by atoms with Crippen LogP contribution in [-0.2, 0) is 6.54 Å². The van der Waals surface area contributed by atoms with Crippen LogP contribution < -0.4 is 11.1 Å². The number of nitrogens with two attached hydrogens (primary N) is 1. The number of carbonyl (C=O) groups is 1. The molecule has 0 radical (unpaired) electrons. The highest BCUT2D eigenvalue weighted by atomic mass is 16.1. The number of amides is 1. The lowest BCUT2D eigenvalue weighted by Gasteiger charge is -2.09. The minimum Gasteiger partial charge on any atom is -0.399 e. The summed E-state index contributed by atoms with van der Waals surface area (Å²) in [5, 5.41) is 9.14. The lowest BCUT2D eigenvalue weighted by atomic mass is 10.1. The Hall–Kier alpha value is -2.30. The van der Waals surface area contributed by atoms with Gasteiger partial charge in [-0.3, -0.25) is 9.89 Å². The Balaban J connectivity index is 2.03. The van der Waals surface area contributed by atoms with Crippen molar-refractivity contribution in [2.45, 2.75) is 13.5 Å². The number of nitrogen functional groups attached to an aromatic ring is 1. The average Bonchev–Trinajstić information content (AvgIpc) is 2.84. The predicted molar refractivity (Wildman–Crippen MR) is 65.3 cm³/mol. The highest BCUT2D eigenvalue weighted by molar-refractivity contribution is 5.93. The summed E-state index contributed by atoms with van der Waals surface area (Å²) in [5.74, 6) is -0.152. The fourth-order valence-corrected chi connectivity index (χ4v) is 1.55. The fraction of sp³-hybridized carbons (Fsp3) is 0.167. The first-order valence-electron chi connectivity index (χ1n) is 5.29. The molecule has 5 nitrogen and oxygen atoms in total. The van der Waals surface area contributed by atoms with Gasteiger partial charge in [0.15, 0.2) is 0 Å². The molecule has 1 aromatic carbocycles. The molecule has 1 amide bonds. The van der Waals surface area contributed by atoms with Crippen molar-refractivity contribution in [2.24, 2.45) is 0 Å². The SMILES string of the molecule is Cc1c(N)cccc1CNC(=O)c1cn[nH]c1. The Morgan fingerprint density at radius 1 is 1.53 bits per heavy atom. The number of nitrogens with one attached hydrogen (secondary N) is 2. The first kappa shape index (κ1) is 11.2. The number of aromatic amines is 1. The molecule has 4 N–H and O–H groups in total. The van der Waals surface area contributed by atoms with E-state index in [1.807, 2.05) is 25.1 Å². The van der Waals surface area contributed by atoms with E-state index in [-0.39, 0.29) is 5.91 Å². The van der Waals surface area contributed by atoms with Gasteiger partial charge in [-0.25, -0.2) is 0 Å². The molecule has 17 heavy (non-hydrogen) atoms. The molecule has 0 fully saturated rings. The summed E-state index contributed by atoms with van der Waals surface area (Å²) >= 11 is 0. The molecule has 0 saturated carbocycles. The van der Waals surface area contributed by atoms with Gasteiger partial charge in [0.25, 0.3) is 5.91 Å². The number of rotatable bonds is 3. The van der Waals surface area contributed by atoms with Crippen molar-refractivity contribution in [1.82, 2.24) is 15.5 Å².